The number of imidazole rings is 1. The number of rotatable bonds is 3. The largest absolute Gasteiger partial charge is 0.300 e. The summed E-state index contributed by atoms with van der Waals surface area (Å²) >= 11 is 0. The molecule has 7 heteroatoms. The highest BCUT2D eigenvalue weighted by Gasteiger charge is 2.13. The van der Waals surface area contributed by atoms with Gasteiger partial charge in [0, 0.05) is 23.5 Å². The molecule has 4 aromatic rings. The van der Waals surface area contributed by atoms with Crippen molar-refractivity contribution < 1.29 is 0 Å². The molecule has 2 aromatic heterocycles. The normalized spacial score (nSPS) is 10.7. The maximum absolute atomic E-state index is 9.16. The first kappa shape index (κ1) is 15.7. The third-order valence-corrected chi connectivity index (χ3v) is 4.13. The van der Waals surface area contributed by atoms with Gasteiger partial charge in [-0.1, -0.05) is 24.3 Å². The zero-order valence-electron chi connectivity index (χ0n) is 14.3. The number of hydrogen-bond acceptors (Lipinski definition) is 5. The Balaban J connectivity index is 1.84. The van der Waals surface area contributed by atoms with E-state index in [1.165, 1.54) is 4.80 Å². The number of aromatic nitrogens is 6. The minimum absolute atomic E-state index is 0.571. The molecule has 0 bridgehead atoms. The monoisotopic (exact) mass is 341 g/mol. The third-order valence-electron chi connectivity index (χ3n) is 4.13. The topological polar surface area (TPSA) is 85.2 Å². The predicted molar refractivity (Wildman–Crippen MR) is 96.2 cm³/mol. The zero-order valence-corrected chi connectivity index (χ0v) is 14.3. The van der Waals surface area contributed by atoms with Gasteiger partial charge in [-0.3, -0.25) is 4.57 Å². The van der Waals surface area contributed by atoms with Crippen molar-refractivity contribution in [3.05, 3.63) is 66.0 Å². The molecular weight excluding hydrogens is 326 g/mol. The lowest BCUT2D eigenvalue weighted by atomic mass is 10.1. The van der Waals surface area contributed by atoms with Crippen LogP contribution in [0.25, 0.3) is 28.5 Å². The van der Waals surface area contributed by atoms with Gasteiger partial charge in [-0.15, -0.1) is 10.2 Å². The van der Waals surface area contributed by atoms with E-state index in [4.69, 9.17) is 5.26 Å². The Morgan fingerprint density at radius 1 is 1.08 bits per heavy atom. The molecule has 0 aliphatic carbocycles. The Kier molecular flexibility index (Phi) is 3.78. The molecule has 0 spiro atoms. The highest BCUT2D eigenvalue weighted by molar-refractivity contribution is 5.65. The molecule has 7 nitrogen and oxygen atoms in total. The van der Waals surface area contributed by atoms with E-state index in [1.807, 2.05) is 54.1 Å². The highest BCUT2D eigenvalue weighted by atomic mass is 15.6. The number of tetrazole rings is 1. The number of hydrogen-bond donors (Lipinski definition) is 0. The molecule has 0 N–H and O–H groups in total. The van der Waals surface area contributed by atoms with Gasteiger partial charge in [0.2, 0.25) is 5.82 Å². The van der Waals surface area contributed by atoms with Crippen LogP contribution >= 0.6 is 0 Å². The van der Waals surface area contributed by atoms with Crippen molar-refractivity contribution in [2.24, 2.45) is 7.05 Å². The first-order valence-corrected chi connectivity index (χ1v) is 8.05. The van der Waals surface area contributed by atoms with Gasteiger partial charge in [0.1, 0.15) is 5.82 Å². The van der Waals surface area contributed by atoms with Gasteiger partial charge in [-0.05, 0) is 35.9 Å². The molecule has 0 radical (unpaired) electrons. The maximum atomic E-state index is 9.16. The van der Waals surface area contributed by atoms with E-state index < -0.39 is 0 Å². The lowest BCUT2D eigenvalue weighted by Gasteiger charge is -2.12. The van der Waals surface area contributed by atoms with Crippen LogP contribution in [0.4, 0.5) is 0 Å². The molecule has 0 aliphatic heterocycles. The van der Waals surface area contributed by atoms with Gasteiger partial charge < -0.3 is 0 Å². The maximum Gasteiger partial charge on any atom is 0.204 e. The highest BCUT2D eigenvalue weighted by Crippen LogP contribution is 2.27. The van der Waals surface area contributed by atoms with Crippen LogP contribution in [0.2, 0.25) is 0 Å². The third kappa shape index (κ3) is 2.74. The zero-order chi connectivity index (χ0) is 18.1. The Bertz CT molecular complexity index is 1130. The van der Waals surface area contributed by atoms with Crippen LogP contribution in [0.5, 0.6) is 0 Å². The smallest absolute Gasteiger partial charge is 0.204 e. The molecule has 2 aromatic carbocycles. The van der Waals surface area contributed by atoms with Crippen molar-refractivity contribution in [3.63, 3.8) is 0 Å². The van der Waals surface area contributed by atoms with Crippen LogP contribution in [0.3, 0.4) is 0 Å². The number of nitriles is 1. The van der Waals surface area contributed by atoms with E-state index in [1.54, 1.807) is 19.3 Å². The fraction of sp³-hybridized carbons (Fsp3) is 0.105. The first-order valence-electron chi connectivity index (χ1n) is 8.05. The summed E-state index contributed by atoms with van der Waals surface area (Å²) in [6.45, 7) is 2.04. The molecule has 126 valence electrons. The second-order valence-corrected chi connectivity index (χ2v) is 5.92. The van der Waals surface area contributed by atoms with Crippen molar-refractivity contribution >= 4 is 0 Å². The molecule has 4 rings (SSSR count). The van der Waals surface area contributed by atoms with Gasteiger partial charge in [-0.2, -0.15) is 10.1 Å². The van der Waals surface area contributed by atoms with Gasteiger partial charge in [0.05, 0.1) is 24.4 Å². The molecular formula is C19H15N7. The molecule has 0 atom stereocenters. The van der Waals surface area contributed by atoms with E-state index in [0.717, 1.165) is 28.2 Å². The van der Waals surface area contributed by atoms with Gasteiger partial charge in [-0.25, -0.2) is 4.98 Å². The lowest BCUT2D eigenvalue weighted by molar-refractivity contribution is 0.630. The van der Waals surface area contributed by atoms with Crippen molar-refractivity contribution in [2.45, 2.75) is 6.92 Å². The van der Waals surface area contributed by atoms with E-state index in [9.17, 15) is 0 Å². The summed E-state index contributed by atoms with van der Waals surface area (Å²) in [5, 5.41) is 21.4. The van der Waals surface area contributed by atoms with Crippen LogP contribution in [0, 0.1) is 18.3 Å². The summed E-state index contributed by atoms with van der Waals surface area (Å²) in [7, 11) is 1.74. The quantitative estimate of drug-likeness (QED) is 0.572. The average molecular weight is 341 g/mol. The Hall–Kier alpha value is -3.79. The Labute approximate surface area is 150 Å². The fourth-order valence-corrected chi connectivity index (χ4v) is 2.85. The molecule has 2 heterocycles. The van der Waals surface area contributed by atoms with Crippen LogP contribution < -0.4 is 0 Å². The van der Waals surface area contributed by atoms with Gasteiger partial charge in [0.25, 0.3) is 0 Å². The number of benzene rings is 2. The summed E-state index contributed by atoms with van der Waals surface area (Å²) in [4.78, 5) is 5.93. The fourth-order valence-electron chi connectivity index (χ4n) is 2.85. The first-order chi connectivity index (χ1) is 12.7. The molecule has 0 saturated heterocycles. The second kappa shape index (κ2) is 6.26. The van der Waals surface area contributed by atoms with Gasteiger partial charge in [0.15, 0.2) is 0 Å². The molecule has 0 unspecified atom stereocenters. The summed E-state index contributed by atoms with van der Waals surface area (Å²) in [6, 6.07) is 15.6. The number of nitrogens with zero attached hydrogens (tertiary/aromatic N) is 7. The molecule has 26 heavy (non-hydrogen) atoms. The van der Waals surface area contributed by atoms with Crippen molar-refractivity contribution in [1.82, 2.24) is 29.8 Å². The SMILES string of the molecule is Cc1ccc(-c2nnn(C)n2)cc1-n1ccnc1-c1cccc(C#N)c1. The van der Waals surface area contributed by atoms with Crippen LogP contribution in [-0.2, 0) is 7.05 Å². The summed E-state index contributed by atoms with van der Waals surface area (Å²) in [5.41, 5.74) is 4.44. The molecule has 0 saturated carbocycles. The van der Waals surface area contributed by atoms with E-state index >= 15 is 0 Å². The Morgan fingerprint density at radius 3 is 2.73 bits per heavy atom. The van der Waals surface area contributed by atoms with Crippen molar-refractivity contribution in [1.29, 1.82) is 5.26 Å². The summed E-state index contributed by atoms with van der Waals surface area (Å²) in [6.07, 6.45) is 3.66. The minimum atomic E-state index is 0.571. The second-order valence-electron chi connectivity index (χ2n) is 5.92. The van der Waals surface area contributed by atoms with Crippen molar-refractivity contribution in [2.75, 3.05) is 0 Å². The van der Waals surface area contributed by atoms with Crippen LogP contribution in [0.1, 0.15) is 11.1 Å². The van der Waals surface area contributed by atoms with E-state index in [0.29, 0.717) is 11.4 Å². The standard InChI is InChI=1S/C19H15N7/c1-13-6-7-15(18-22-24-25(2)23-18)11-17(13)26-9-8-21-19(26)16-5-3-4-14(10-16)12-20/h3-11H,1-2H3. The molecule has 0 fully saturated rings. The lowest BCUT2D eigenvalue weighted by Crippen LogP contribution is -2.00. The number of aryl methyl sites for hydroxylation is 2. The van der Waals surface area contributed by atoms with Gasteiger partial charge >= 0.3 is 0 Å². The van der Waals surface area contributed by atoms with E-state index in [2.05, 4.69) is 26.5 Å². The average Bonchev–Trinajstić information content (AvgIpc) is 3.31. The van der Waals surface area contributed by atoms with E-state index in [-0.39, 0.29) is 0 Å². The minimum Gasteiger partial charge on any atom is -0.300 e. The van der Waals surface area contributed by atoms with Crippen LogP contribution in [-0.4, -0.2) is 29.8 Å². The van der Waals surface area contributed by atoms with Crippen LogP contribution in [0.15, 0.2) is 54.9 Å². The summed E-state index contributed by atoms with van der Waals surface area (Å²) in [5.74, 6) is 1.34. The predicted octanol–water partition coefficient (Wildman–Crippen LogP) is 2.91. The molecule has 0 aliphatic rings. The Morgan fingerprint density at radius 2 is 1.96 bits per heavy atom. The molecule has 0 amide bonds. The van der Waals surface area contributed by atoms with Crippen molar-refractivity contribution in [3.8, 4) is 34.5 Å². The summed E-state index contributed by atoms with van der Waals surface area (Å²) < 4.78 is 2.01.